The number of hydrogen-bond acceptors (Lipinski definition) is 2. The van der Waals surface area contributed by atoms with E-state index in [2.05, 4.69) is 0 Å². The fraction of sp³-hybridized carbons (Fsp3) is 0.400. The quantitative estimate of drug-likeness (QED) is 0.253. The molecule has 5 nitrogen and oxygen atoms in total. The highest BCUT2D eigenvalue weighted by Gasteiger charge is 2.20. The van der Waals surface area contributed by atoms with Crippen LogP contribution in [0.3, 0.4) is 0 Å². The van der Waals surface area contributed by atoms with Gasteiger partial charge < -0.3 is 17.3 Å². The van der Waals surface area contributed by atoms with E-state index in [9.17, 15) is 22.1 Å². The summed E-state index contributed by atoms with van der Waals surface area (Å²) in [5.41, 5.74) is -0.196. The summed E-state index contributed by atoms with van der Waals surface area (Å²) < 4.78 is 42.0. The minimum Gasteiger partial charge on any atom is -0.418 e. The molecule has 0 N–H and O–H groups in total. The first-order valence-electron chi connectivity index (χ1n) is 5.47. The lowest BCUT2D eigenvalue weighted by Gasteiger charge is -2.11. The van der Waals surface area contributed by atoms with E-state index in [1.165, 1.54) is 10.8 Å². The zero-order valence-electron chi connectivity index (χ0n) is 11.6. The molecular formula is C10H16BF4N3O2. The molecule has 0 aliphatic rings. The molecule has 0 atom stereocenters. The summed E-state index contributed by atoms with van der Waals surface area (Å²) >= 11 is 0. The zero-order valence-corrected chi connectivity index (χ0v) is 11.6. The lowest BCUT2D eigenvalue weighted by Crippen LogP contribution is -2.41. The maximum atomic E-state index is 11.4. The molecule has 0 saturated carbocycles. The van der Waals surface area contributed by atoms with Gasteiger partial charge in [0.05, 0.1) is 28.2 Å². The monoisotopic (exact) mass is 297 g/mol. The van der Waals surface area contributed by atoms with Crippen LogP contribution in [0.2, 0.25) is 0 Å². The molecule has 0 unspecified atom stereocenters. The van der Waals surface area contributed by atoms with Crippen molar-refractivity contribution in [2.75, 3.05) is 28.2 Å². The largest absolute Gasteiger partial charge is 0.673 e. The summed E-state index contributed by atoms with van der Waals surface area (Å²) in [7, 11) is 1.40. The Hall–Kier alpha value is -2.00. The van der Waals surface area contributed by atoms with Gasteiger partial charge in [0.25, 0.3) is 5.56 Å². The van der Waals surface area contributed by atoms with Gasteiger partial charge in [0.1, 0.15) is 0 Å². The van der Waals surface area contributed by atoms with Gasteiger partial charge in [-0.3, -0.25) is 9.63 Å². The van der Waals surface area contributed by atoms with Crippen LogP contribution < -0.4 is 10.4 Å². The average Bonchev–Trinajstić information content (AvgIpc) is 2.24. The summed E-state index contributed by atoms with van der Waals surface area (Å²) in [6, 6.07) is 5.45. The summed E-state index contributed by atoms with van der Waals surface area (Å²) in [4.78, 5) is 18.6. The second kappa shape index (κ2) is 7.56. The first kappa shape index (κ1) is 18.0. The molecule has 0 spiro atoms. The molecule has 1 rings (SSSR count). The van der Waals surface area contributed by atoms with Gasteiger partial charge in [-0.2, -0.15) is 0 Å². The Bertz CT molecular complexity index is 504. The molecule has 0 saturated heterocycles. The summed E-state index contributed by atoms with van der Waals surface area (Å²) in [5.74, 6) is 0. The van der Waals surface area contributed by atoms with Crippen LogP contribution in [-0.2, 0) is 0 Å². The van der Waals surface area contributed by atoms with Crippen LogP contribution in [0.4, 0.5) is 17.3 Å². The molecule has 0 fully saturated rings. The van der Waals surface area contributed by atoms with Gasteiger partial charge in [-0.05, 0) is 6.07 Å². The molecule has 0 bridgehead atoms. The summed E-state index contributed by atoms with van der Waals surface area (Å²) in [6.45, 7) is 0. The van der Waals surface area contributed by atoms with E-state index in [1.54, 1.807) is 27.8 Å². The van der Waals surface area contributed by atoms with E-state index in [0.29, 0.717) is 6.02 Å². The van der Waals surface area contributed by atoms with E-state index in [4.69, 9.17) is 4.84 Å². The van der Waals surface area contributed by atoms with Crippen LogP contribution in [0.5, 0.6) is 0 Å². The molecule has 0 aliphatic carbocycles. The molecule has 114 valence electrons. The van der Waals surface area contributed by atoms with E-state index >= 15 is 0 Å². The molecule has 1 aromatic heterocycles. The molecule has 0 aromatic carbocycles. The van der Waals surface area contributed by atoms with Crippen molar-refractivity contribution in [3.8, 4) is 0 Å². The van der Waals surface area contributed by atoms with Crippen LogP contribution in [0, 0.1) is 0 Å². The van der Waals surface area contributed by atoms with Gasteiger partial charge in [-0.1, -0.05) is 6.07 Å². The molecular weight excluding hydrogens is 281 g/mol. The third kappa shape index (κ3) is 8.17. The van der Waals surface area contributed by atoms with Crippen LogP contribution in [-0.4, -0.2) is 55.7 Å². The lowest BCUT2D eigenvalue weighted by atomic mass is 10.3. The van der Waals surface area contributed by atoms with Crippen molar-refractivity contribution in [2.45, 2.75) is 0 Å². The second-order valence-electron chi connectivity index (χ2n) is 4.02. The van der Waals surface area contributed by atoms with Crippen molar-refractivity contribution in [3.63, 3.8) is 0 Å². The topological polar surface area (TPSA) is 37.5 Å². The van der Waals surface area contributed by atoms with Crippen molar-refractivity contribution in [1.82, 2.24) is 9.63 Å². The van der Waals surface area contributed by atoms with Crippen LogP contribution in [0.15, 0.2) is 29.2 Å². The molecule has 10 heteroatoms. The summed E-state index contributed by atoms with van der Waals surface area (Å²) in [6.07, 6.45) is 1.58. The standard InChI is InChI=1S/C10H16N3O2.BF4/c1-11(2)10(12(3)4)15-13-8-6-5-7-9(13)14;2-1(3,4)5/h5-8H,1-4H3;/q+1;-1. The zero-order chi connectivity index (χ0) is 15.9. The number of aromatic nitrogens is 1. The number of nitrogens with zero attached hydrogens (tertiary/aromatic N) is 3. The lowest BCUT2D eigenvalue weighted by molar-refractivity contribution is -0.480. The van der Waals surface area contributed by atoms with Crippen molar-refractivity contribution >= 4 is 13.3 Å². The van der Waals surface area contributed by atoms with Gasteiger partial charge in [0.2, 0.25) is 0 Å². The fourth-order valence-corrected chi connectivity index (χ4v) is 1.14. The molecule has 0 radical (unpaired) electrons. The number of amidine groups is 1. The Labute approximate surface area is 113 Å². The smallest absolute Gasteiger partial charge is 0.418 e. The van der Waals surface area contributed by atoms with Gasteiger partial charge in [0.15, 0.2) is 0 Å². The highest BCUT2D eigenvalue weighted by molar-refractivity contribution is 6.50. The minimum absolute atomic E-state index is 0.196. The molecule has 0 aliphatic heterocycles. The highest BCUT2D eigenvalue weighted by atomic mass is 19.5. The number of pyridine rings is 1. The predicted octanol–water partition coefficient (Wildman–Crippen LogP) is 0.767. The molecule has 1 heterocycles. The maximum absolute atomic E-state index is 11.4. The van der Waals surface area contributed by atoms with Crippen LogP contribution in [0.1, 0.15) is 0 Å². The first-order valence-corrected chi connectivity index (χ1v) is 5.47. The third-order valence-corrected chi connectivity index (χ3v) is 1.73. The number of hydrogen-bond donors (Lipinski definition) is 0. The van der Waals surface area contributed by atoms with E-state index < -0.39 is 7.25 Å². The minimum atomic E-state index is -6.00. The molecule has 1 aromatic rings. The second-order valence-corrected chi connectivity index (χ2v) is 4.02. The number of rotatable bonds is 1. The summed E-state index contributed by atoms with van der Waals surface area (Å²) in [5, 5.41) is 0. The Morgan fingerprint density at radius 1 is 1.25 bits per heavy atom. The van der Waals surface area contributed by atoms with E-state index in [1.807, 2.05) is 28.2 Å². The highest BCUT2D eigenvalue weighted by Crippen LogP contribution is 2.06. The van der Waals surface area contributed by atoms with Crippen molar-refractivity contribution in [1.29, 1.82) is 0 Å². The normalized spacial score (nSPS) is 10.2. The van der Waals surface area contributed by atoms with Gasteiger partial charge >= 0.3 is 13.3 Å². The van der Waals surface area contributed by atoms with Crippen LogP contribution >= 0.6 is 0 Å². The van der Waals surface area contributed by atoms with Gasteiger partial charge in [-0.15, -0.1) is 4.73 Å². The number of halogens is 4. The average molecular weight is 297 g/mol. The molecule has 0 amide bonds. The van der Waals surface area contributed by atoms with Crippen molar-refractivity contribution < 1.29 is 26.7 Å². The van der Waals surface area contributed by atoms with Crippen molar-refractivity contribution in [2.24, 2.45) is 0 Å². The molecule has 20 heavy (non-hydrogen) atoms. The Morgan fingerprint density at radius 2 is 1.75 bits per heavy atom. The fourth-order valence-electron chi connectivity index (χ4n) is 1.14. The van der Waals surface area contributed by atoms with E-state index in [-0.39, 0.29) is 5.56 Å². The van der Waals surface area contributed by atoms with Crippen LogP contribution in [0.25, 0.3) is 0 Å². The predicted molar refractivity (Wildman–Crippen MR) is 68.3 cm³/mol. The Morgan fingerprint density at radius 3 is 2.10 bits per heavy atom. The SMILES string of the molecule is CN(C)C(On1ccccc1=O)=[N+](C)C.F[B-](F)(F)F. The Balaban J connectivity index is 0.000000621. The Kier molecular flexibility index (Phi) is 6.81. The first-order chi connectivity index (χ1) is 9.02. The van der Waals surface area contributed by atoms with E-state index in [0.717, 1.165) is 0 Å². The third-order valence-electron chi connectivity index (χ3n) is 1.73. The van der Waals surface area contributed by atoms with Crippen molar-refractivity contribution in [3.05, 3.63) is 34.7 Å². The van der Waals surface area contributed by atoms with Gasteiger partial charge in [0, 0.05) is 12.3 Å². The maximum Gasteiger partial charge on any atom is 0.673 e. The van der Waals surface area contributed by atoms with Gasteiger partial charge in [-0.25, -0.2) is 9.48 Å².